The van der Waals surface area contributed by atoms with Gasteiger partial charge in [-0.2, -0.15) is 0 Å². The van der Waals surface area contributed by atoms with Crippen LogP contribution in [0.25, 0.3) is 11.1 Å². The molecule has 1 saturated carbocycles. The van der Waals surface area contributed by atoms with E-state index in [0.29, 0.717) is 5.92 Å². The third-order valence-corrected chi connectivity index (χ3v) is 4.80. The Labute approximate surface area is 140 Å². The zero-order valence-electron chi connectivity index (χ0n) is 13.3. The Morgan fingerprint density at radius 2 is 1.88 bits per heavy atom. The van der Waals surface area contributed by atoms with E-state index < -0.39 is 0 Å². The summed E-state index contributed by atoms with van der Waals surface area (Å²) in [6, 6.07) is 10.3. The summed E-state index contributed by atoms with van der Waals surface area (Å²) in [7, 11) is 0. The predicted octanol–water partition coefficient (Wildman–Crippen LogP) is 2.63. The van der Waals surface area contributed by atoms with E-state index in [9.17, 15) is 0 Å². The molecule has 120 valence electrons. The smallest absolute Gasteiger partial charge is 0.152 e. The van der Waals surface area contributed by atoms with Crippen molar-refractivity contribution in [1.29, 1.82) is 0 Å². The first kappa shape index (κ1) is 13.7. The van der Waals surface area contributed by atoms with E-state index >= 15 is 0 Å². The molecule has 2 aliphatic rings. The highest BCUT2D eigenvalue weighted by molar-refractivity contribution is 5.74. The van der Waals surface area contributed by atoms with Gasteiger partial charge in [-0.3, -0.25) is 0 Å². The second-order valence-electron chi connectivity index (χ2n) is 6.45. The standard InChI is InChI=1S/C18H18N6/c1-2-4-13(5-3-1)15-10-19-12-20-18(15)23-8-9-24-16(11-23)21-22-17(24)14-6-7-14/h1-5,10,12,14H,6-9,11H2. The first-order chi connectivity index (χ1) is 11.9. The lowest BCUT2D eigenvalue weighted by Crippen LogP contribution is -2.35. The molecule has 3 heterocycles. The van der Waals surface area contributed by atoms with Crippen LogP contribution in [0.1, 0.15) is 30.4 Å². The summed E-state index contributed by atoms with van der Waals surface area (Å²) in [5.41, 5.74) is 2.20. The van der Waals surface area contributed by atoms with Crippen molar-refractivity contribution in [1.82, 2.24) is 24.7 Å². The van der Waals surface area contributed by atoms with Crippen LogP contribution in [0, 0.1) is 0 Å². The van der Waals surface area contributed by atoms with Crippen LogP contribution in [0.5, 0.6) is 0 Å². The first-order valence-corrected chi connectivity index (χ1v) is 8.42. The van der Waals surface area contributed by atoms with Gasteiger partial charge in [0.05, 0.1) is 6.54 Å². The fourth-order valence-corrected chi connectivity index (χ4v) is 3.40. The number of hydrogen-bond acceptors (Lipinski definition) is 5. The number of nitrogens with zero attached hydrogens (tertiary/aromatic N) is 6. The van der Waals surface area contributed by atoms with Gasteiger partial charge in [0.25, 0.3) is 0 Å². The lowest BCUT2D eigenvalue weighted by molar-refractivity contribution is 0.540. The predicted molar refractivity (Wildman–Crippen MR) is 90.5 cm³/mol. The maximum Gasteiger partial charge on any atom is 0.152 e. The number of hydrogen-bond donors (Lipinski definition) is 0. The molecule has 1 aliphatic carbocycles. The second-order valence-corrected chi connectivity index (χ2v) is 6.45. The molecule has 1 fully saturated rings. The molecule has 5 rings (SSSR count). The average molecular weight is 318 g/mol. The van der Waals surface area contributed by atoms with E-state index in [1.807, 2.05) is 24.4 Å². The third kappa shape index (κ3) is 2.26. The molecule has 0 unspecified atom stereocenters. The summed E-state index contributed by atoms with van der Waals surface area (Å²) in [6.07, 6.45) is 6.03. The van der Waals surface area contributed by atoms with Gasteiger partial charge in [0, 0.05) is 30.8 Å². The fourth-order valence-electron chi connectivity index (χ4n) is 3.40. The minimum absolute atomic E-state index is 0.636. The highest BCUT2D eigenvalue weighted by atomic mass is 15.4. The van der Waals surface area contributed by atoms with Crippen molar-refractivity contribution in [3.8, 4) is 11.1 Å². The third-order valence-electron chi connectivity index (χ3n) is 4.80. The highest BCUT2D eigenvalue weighted by Crippen LogP contribution is 2.40. The summed E-state index contributed by atoms with van der Waals surface area (Å²) < 4.78 is 2.30. The van der Waals surface area contributed by atoms with Crippen molar-refractivity contribution in [2.75, 3.05) is 11.4 Å². The van der Waals surface area contributed by atoms with Crippen LogP contribution in [-0.2, 0) is 13.1 Å². The van der Waals surface area contributed by atoms with Crippen molar-refractivity contribution in [2.24, 2.45) is 0 Å². The molecule has 24 heavy (non-hydrogen) atoms. The van der Waals surface area contributed by atoms with Gasteiger partial charge in [0.1, 0.15) is 18.0 Å². The molecule has 1 aliphatic heterocycles. The van der Waals surface area contributed by atoms with E-state index in [1.54, 1.807) is 6.33 Å². The van der Waals surface area contributed by atoms with Gasteiger partial charge in [-0.15, -0.1) is 10.2 Å². The van der Waals surface area contributed by atoms with Crippen molar-refractivity contribution in [2.45, 2.75) is 31.8 Å². The largest absolute Gasteiger partial charge is 0.347 e. The maximum atomic E-state index is 4.56. The molecule has 0 atom stereocenters. The summed E-state index contributed by atoms with van der Waals surface area (Å²) >= 11 is 0. The molecule has 0 saturated heterocycles. The number of rotatable bonds is 3. The minimum Gasteiger partial charge on any atom is -0.347 e. The molecular formula is C18H18N6. The summed E-state index contributed by atoms with van der Waals surface area (Å²) in [6.45, 7) is 2.59. The van der Waals surface area contributed by atoms with E-state index in [0.717, 1.165) is 42.4 Å². The van der Waals surface area contributed by atoms with Crippen LogP contribution in [0.4, 0.5) is 5.82 Å². The first-order valence-electron chi connectivity index (χ1n) is 8.42. The van der Waals surface area contributed by atoms with E-state index in [-0.39, 0.29) is 0 Å². The molecule has 1 aromatic carbocycles. The lowest BCUT2D eigenvalue weighted by Gasteiger charge is -2.30. The second kappa shape index (κ2) is 5.40. The van der Waals surface area contributed by atoms with E-state index in [2.05, 4.69) is 41.8 Å². The van der Waals surface area contributed by atoms with Gasteiger partial charge in [-0.1, -0.05) is 30.3 Å². The topological polar surface area (TPSA) is 59.7 Å². The Hall–Kier alpha value is -2.76. The summed E-state index contributed by atoms with van der Waals surface area (Å²) in [5, 5.41) is 8.85. The Kier molecular flexibility index (Phi) is 3.07. The number of anilines is 1. The molecule has 0 amide bonds. The zero-order valence-corrected chi connectivity index (χ0v) is 13.3. The van der Waals surface area contributed by atoms with Gasteiger partial charge >= 0.3 is 0 Å². The Morgan fingerprint density at radius 1 is 1.00 bits per heavy atom. The van der Waals surface area contributed by atoms with Gasteiger partial charge in [0.15, 0.2) is 5.82 Å². The van der Waals surface area contributed by atoms with Crippen LogP contribution in [0.3, 0.4) is 0 Å². The monoisotopic (exact) mass is 318 g/mol. The highest BCUT2D eigenvalue weighted by Gasteiger charge is 2.32. The number of benzene rings is 1. The molecule has 6 heteroatoms. The van der Waals surface area contributed by atoms with Crippen molar-refractivity contribution in [3.05, 3.63) is 54.5 Å². The lowest BCUT2D eigenvalue weighted by atomic mass is 10.1. The Balaban J connectivity index is 1.49. The van der Waals surface area contributed by atoms with Crippen molar-refractivity contribution < 1.29 is 0 Å². The number of aromatic nitrogens is 5. The Bertz CT molecular complexity index is 868. The zero-order chi connectivity index (χ0) is 15.9. The van der Waals surface area contributed by atoms with Gasteiger partial charge < -0.3 is 9.47 Å². The maximum absolute atomic E-state index is 4.56. The molecule has 3 aromatic rings. The minimum atomic E-state index is 0.636. The van der Waals surface area contributed by atoms with Gasteiger partial charge in [-0.05, 0) is 18.4 Å². The quantitative estimate of drug-likeness (QED) is 0.743. The van der Waals surface area contributed by atoms with Crippen LogP contribution in [0.2, 0.25) is 0 Å². The number of fused-ring (bicyclic) bond motifs is 1. The van der Waals surface area contributed by atoms with Crippen molar-refractivity contribution in [3.63, 3.8) is 0 Å². The van der Waals surface area contributed by atoms with E-state index in [4.69, 9.17) is 0 Å². The molecule has 0 spiro atoms. The van der Waals surface area contributed by atoms with Crippen LogP contribution in [0.15, 0.2) is 42.9 Å². The molecule has 0 radical (unpaired) electrons. The summed E-state index contributed by atoms with van der Waals surface area (Å²) in [4.78, 5) is 11.1. The molecule has 2 aromatic heterocycles. The average Bonchev–Trinajstić information content (AvgIpc) is 3.41. The summed E-state index contributed by atoms with van der Waals surface area (Å²) in [5.74, 6) is 3.83. The fraction of sp³-hybridized carbons (Fsp3) is 0.333. The van der Waals surface area contributed by atoms with Crippen molar-refractivity contribution >= 4 is 5.82 Å². The SMILES string of the molecule is c1ccc(-c2cncnc2N2CCn3c(nnc3C3CC3)C2)cc1. The molecule has 0 N–H and O–H groups in total. The van der Waals surface area contributed by atoms with E-state index in [1.165, 1.54) is 18.7 Å². The Morgan fingerprint density at radius 3 is 2.71 bits per heavy atom. The molecular weight excluding hydrogens is 300 g/mol. The van der Waals surface area contributed by atoms with Gasteiger partial charge in [0.2, 0.25) is 0 Å². The van der Waals surface area contributed by atoms with Gasteiger partial charge in [-0.25, -0.2) is 9.97 Å². The van der Waals surface area contributed by atoms with Crippen LogP contribution < -0.4 is 4.90 Å². The van der Waals surface area contributed by atoms with Crippen LogP contribution >= 0.6 is 0 Å². The molecule has 6 nitrogen and oxygen atoms in total. The molecule has 0 bridgehead atoms. The van der Waals surface area contributed by atoms with Crippen LogP contribution in [-0.4, -0.2) is 31.3 Å². The normalized spacial score (nSPS) is 16.9.